The summed E-state index contributed by atoms with van der Waals surface area (Å²) in [6.07, 6.45) is 0. The molecule has 0 aliphatic rings. The van der Waals surface area contributed by atoms with Crippen molar-refractivity contribution in [2.75, 3.05) is 0 Å². The average molecular weight is 767 g/mol. The topological polar surface area (TPSA) is 38.7 Å². The van der Waals surface area contributed by atoms with Gasteiger partial charge in [-0.15, -0.1) is 0 Å². The Labute approximate surface area is 326 Å². The van der Waals surface area contributed by atoms with Gasteiger partial charge in [0.2, 0.25) is 0 Å². The standard InChI is InChI=1S/C51H33N3Se/c1-5-18-34(19-6-1)38-26-13-14-27-40(38)41-29-17-30-43(47-39(35-20-7-2-8-21-35)32-33-45-49(47)42-28-15-16-31-44(42)55-45)48(41)51-46(36-22-9-3-10-23-36)50(52-54-53-51)37-24-11-4-12-25-37/h1-33H. The van der Waals surface area contributed by atoms with Gasteiger partial charge in [-0.05, 0) is 0 Å². The van der Waals surface area contributed by atoms with E-state index in [1.54, 1.807) is 0 Å². The number of hydrogen-bond donors (Lipinski definition) is 0. The molecule has 0 aliphatic heterocycles. The monoisotopic (exact) mass is 767 g/mol. The van der Waals surface area contributed by atoms with Gasteiger partial charge in [0.15, 0.2) is 0 Å². The summed E-state index contributed by atoms with van der Waals surface area (Å²) in [7, 11) is 0. The fourth-order valence-corrected chi connectivity index (χ4v) is 10.3. The number of benzene rings is 8. The quantitative estimate of drug-likeness (QED) is 0.152. The van der Waals surface area contributed by atoms with Crippen molar-refractivity contribution in [2.45, 2.75) is 0 Å². The maximum absolute atomic E-state index is 5.07. The van der Waals surface area contributed by atoms with Crippen LogP contribution in [0, 0.1) is 0 Å². The summed E-state index contributed by atoms with van der Waals surface area (Å²) in [5.74, 6) is 0. The Hall–Kier alpha value is -6.71. The van der Waals surface area contributed by atoms with E-state index in [0.717, 1.165) is 61.5 Å². The SMILES string of the molecule is c1ccc(-c2ccccc2-c2cccc(-c3c(-c4ccccc4)ccc4[se]c5ccccc5c34)c2-c2nnnc(-c3ccccc3)c2-c2ccccc2)cc1. The summed E-state index contributed by atoms with van der Waals surface area (Å²) in [6.45, 7) is 0. The van der Waals surface area contributed by atoms with Crippen LogP contribution >= 0.6 is 0 Å². The Morgan fingerprint density at radius 2 is 0.818 bits per heavy atom. The molecule has 2 heterocycles. The predicted octanol–water partition coefficient (Wildman–Crippen LogP) is 12.9. The van der Waals surface area contributed by atoms with Crippen LogP contribution in [0.5, 0.6) is 0 Å². The molecular weight excluding hydrogens is 734 g/mol. The maximum atomic E-state index is 5.07. The van der Waals surface area contributed by atoms with E-state index in [0.29, 0.717) is 0 Å². The zero-order valence-corrected chi connectivity index (χ0v) is 31.5. The van der Waals surface area contributed by atoms with Crippen LogP contribution in [0.4, 0.5) is 0 Å². The third-order valence-electron chi connectivity index (χ3n) is 10.4. The molecule has 0 radical (unpaired) electrons. The van der Waals surface area contributed by atoms with Gasteiger partial charge < -0.3 is 0 Å². The molecule has 8 aromatic carbocycles. The van der Waals surface area contributed by atoms with Crippen molar-refractivity contribution in [1.29, 1.82) is 0 Å². The molecular formula is C51H33N3Se. The van der Waals surface area contributed by atoms with Gasteiger partial charge in [0.1, 0.15) is 0 Å². The van der Waals surface area contributed by atoms with Gasteiger partial charge in [0.05, 0.1) is 0 Å². The number of nitrogens with zero attached hydrogens (tertiary/aromatic N) is 3. The number of fused-ring (bicyclic) bond motifs is 3. The molecule has 0 aliphatic carbocycles. The van der Waals surface area contributed by atoms with Gasteiger partial charge in [-0.2, -0.15) is 0 Å². The van der Waals surface area contributed by atoms with Crippen molar-refractivity contribution in [3.8, 4) is 78.1 Å². The Bertz CT molecular complexity index is 2960. The second kappa shape index (κ2) is 14.3. The first-order valence-corrected chi connectivity index (χ1v) is 20.2. The van der Waals surface area contributed by atoms with Crippen LogP contribution in [0.2, 0.25) is 0 Å². The molecule has 0 unspecified atom stereocenters. The third kappa shape index (κ3) is 5.89. The molecule has 0 bridgehead atoms. The van der Waals surface area contributed by atoms with Crippen molar-refractivity contribution in [3.05, 3.63) is 200 Å². The van der Waals surface area contributed by atoms with Crippen LogP contribution < -0.4 is 0 Å². The van der Waals surface area contributed by atoms with Crippen LogP contribution in [0.15, 0.2) is 200 Å². The van der Waals surface area contributed by atoms with Crippen LogP contribution in [0.25, 0.3) is 97.4 Å². The molecule has 10 rings (SSSR count). The Balaban J connectivity index is 1.40. The van der Waals surface area contributed by atoms with E-state index in [1.165, 1.54) is 36.0 Å². The third-order valence-corrected chi connectivity index (χ3v) is 12.8. The predicted molar refractivity (Wildman–Crippen MR) is 230 cm³/mol. The fourth-order valence-electron chi connectivity index (χ4n) is 7.96. The zero-order valence-electron chi connectivity index (χ0n) is 29.8. The first kappa shape index (κ1) is 32.9. The van der Waals surface area contributed by atoms with E-state index in [2.05, 4.69) is 199 Å². The van der Waals surface area contributed by atoms with E-state index in [1.807, 2.05) is 6.07 Å². The zero-order chi connectivity index (χ0) is 36.6. The van der Waals surface area contributed by atoms with Gasteiger partial charge in [-0.25, -0.2) is 0 Å². The Morgan fingerprint density at radius 3 is 1.53 bits per heavy atom. The van der Waals surface area contributed by atoms with Crippen LogP contribution in [-0.4, -0.2) is 29.9 Å². The molecule has 4 heteroatoms. The van der Waals surface area contributed by atoms with Crippen LogP contribution in [0.1, 0.15) is 0 Å². The van der Waals surface area contributed by atoms with E-state index in [4.69, 9.17) is 10.2 Å². The number of aromatic nitrogens is 3. The summed E-state index contributed by atoms with van der Waals surface area (Å²) in [6, 6.07) is 71.5. The van der Waals surface area contributed by atoms with Crippen molar-refractivity contribution >= 4 is 33.8 Å². The van der Waals surface area contributed by atoms with Gasteiger partial charge in [-0.1, -0.05) is 0 Å². The van der Waals surface area contributed by atoms with Crippen molar-refractivity contribution < 1.29 is 0 Å². The molecule has 10 aromatic rings. The summed E-state index contributed by atoms with van der Waals surface area (Å²) < 4.78 is 2.79. The molecule has 2 aromatic heterocycles. The molecule has 0 N–H and O–H groups in total. The minimum absolute atomic E-state index is 0.180. The average Bonchev–Trinajstić information content (AvgIpc) is 3.66. The molecule has 0 spiro atoms. The van der Waals surface area contributed by atoms with Gasteiger partial charge in [0.25, 0.3) is 0 Å². The summed E-state index contributed by atoms with van der Waals surface area (Å²) in [5.41, 5.74) is 14.8. The molecule has 3 nitrogen and oxygen atoms in total. The Morgan fingerprint density at radius 1 is 0.291 bits per heavy atom. The normalized spacial score (nSPS) is 11.3. The van der Waals surface area contributed by atoms with E-state index in [-0.39, 0.29) is 14.5 Å². The van der Waals surface area contributed by atoms with Crippen LogP contribution in [-0.2, 0) is 0 Å². The minimum atomic E-state index is 0.180. The second-order valence-electron chi connectivity index (χ2n) is 13.6. The molecule has 55 heavy (non-hydrogen) atoms. The first-order chi connectivity index (χ1) is 27.3. The summed E-state index contributed by atoms with van der Waals surface area (Å²) in [5, 5.41) is 17.0. The molecule has 0 fully saturated rings. The Kier molecular flexibility index (Phi) is 8.53. The van der Waals surface area contributed by atoms with E-state index >= 15 is 0 Å². The van der Waals surface area contributed by atoms with E-state index < -0.39 is 0 Å². The number of hydrogen-bond acceptors (Lipinski definition) is 3. The van der Waals surface area contributed by atoms with Gasteiger partial charge in [0, 0.05) is 0 Å². The molecule has 258 valence electrons. The van der Waals surface area contributed by atoms with Crippen LogP contribution in [0.3, 0.4) is 0 Å². The summed E-state index contributed by atoms with van der Waals surface area (Å²) >= 11 is 0.180. The van der Waals surface area contributed by atoms with Crippen molar-refractivity contribution in [1.82, 2.24) is 15.4 Å². The molecule has 0 saturated heterocycles. The van der Waals surface area contributed by atoms with Gasteiger partial charge in [-0.3, -0.25) is 0 Å². The second-order valence-corrected chi connectivity index (χ2v) is 15.8. The summed E-state index contributed by atoms with van der Waals surface area (Å²) in [4.78, 5) is 0. The van der Waals surface area contributed by atoms with E-state index in [9.17, 15) is 0 Å². The molecule has 0 saturated carbocycles. The molecule has 0 atom stereocenters. The first-order valence-electron chi connectivity index (χ1n) is 18.5. The number of rotatable bonds is 7. The fraction of sp³-hybridized carbons (Fsp3) is 0. The van der Waals surface area contributed by atoms with Crippen molar-refractivity contribution in [2.24, 2.45) is 0 Å². The van der Waals surface area contributed by atoms with Crippen molar-refractivity contribution in [3.63, 3.8) is 0 Å². The van der Waals surface area contributed by atoms with Gasteiger partial charge >= 0.3 is 328 Å². The molecule has 0 amide bonds.